The monoisotopic (exact) mass is 295 g/mol. The number of piperidine rings is 1. The largest absolute Gasteiger partial charge is 0.469 e. The van der Waals surface area contributed by atoms with Gasteiger partial charge in [-0.25, -0.2) is 0 Å². The molecule has 0 spiro atoms. The summed E-state index contributed by atoms with van der Waals surface area (Å²) in [5.74, 6) is -0.0555. The van der Waals surface area contributed by atoms with Crippen molar-refractivity contribution in [1.82, 2.24) is 10.1 Å². The molecule has 116 valence electrons. The maximum Gasteiger partial charge on any atom is 0.307 e. The van der Waals surface area contributed by atoms with Gasteiger partial charge in [0.05, 0.1) is 25.8 Å². The van der Waals surface area contributed by atoms with E-state index in [4.69, 9.17) is 9.26 Å². The van der Waals surface area contributed by atoms with E-state index in [9.17, 15) is 9.59 Å². The predicted octanol–water partition coefficient (Wildman–Crippen LogP) is 1.34. The number of carbonyl (C=O) groups is 2. The van der Waals surface area contributed by atoms with E-state index in [0.29, 0.717) is 18.0 Å². The number of carbonyl (C=O) groups excluding carboxylic acids is 2. The minimum absolute atomic E-state index is 0.0633. The average molecular weight is 295 g/mol. The highest BCUT2D eigenvalue weighted by atomic mass is 16.5. The fourth-order valence-corrected chi connectivity index (χ4v) is 2.56. The first-order valence-electron chi connectivity index (χ1n) is 7.12. The molecular weight excluding hydrogens is 274 g/mol. The molecular formula is C14H21N3O4. The lowest BCUT2D eigenvalue weighted by Crippen LogP contribution is -2.45. The Morgan fingerprint density at radius 2 is 2.33 bits per heavy atom. The van der Waals surface area contributed by atoms with Gasteiger partial charge in [0.15, 0.2) is 0 Å². The molecule has 1 aliphatic rings. The number of rotatable bonds is 5. The van der Waals surface area contributed by atoms with Gasteiger partial charge in [-0.05, 0) is 26.3 Å². The molecule has 1 aromatic heterocycles. The third-order valence-corrected chi connectivity index (χ3v) is 3.62. The quantitative estimate of drug-likeness (QED) is 0.825. The Bertz CT molecular complexity index is 500. The van der Waals surface area contributed by atoms with E-state index >= 15 is 0 Å². The van der Waals surface area contributed by atoms with E-state index in [1.54, 1.807) is 13.0 Å². The van der Waals surface area contributed by atoms with Crippen LogP contribution in [0.25, 0.3) is 0 Å². The summed E-state index contributed by atoms with van der Waals surface area (Å²) in [7, 11) is 1.38. The molecule has 1 aliphatic heterocycles. The van der Waals surface area contributed by atoms with Crippen LogP contribution in [-0.2, 0) is 14.3 Å². The topological polar surface area (TPSA) is 84.7 Å². The number of aryl methyl sites for hydroxylation is 1. The number of ether oxygens (including phenoxy) is 1. The molecule has 1 saturated heterocycles. The number of anilines is 1. The molecule has 2 rings (SSSR count). The zero-order valence-electron chi connectivity index (χ0n) is 12.4. The van der Waals surface area contributed by atoms with Crippen LogP contribution in [0.3, 0.4) is 0 Å². The first-order chi connectivity index (χ1) is 10.1. The molecule has 1 atom stereocenters. The molecule has 21 heavy (non-hydrogen) atoms. The minimum atomic E-state index is -0.238. The summed E-state index contributed by atoms with van der Waals surface area (Å²) in [4.78, 5) is 25.5. The van der Waals surface area contributed by atoms with Crippen molar-refractivity contribution in [3.05, 3.63) is 11.8 Å². The lowest BCUT2D eigenvalue weighted by atomic mass is 9.99. The molecule has 7 heteroatoms. The molecule has 1 fully saturated rings. The van der Waals surface area contributed by atoms with Gasteiger partial charge in [0.25, 0.3) is 0 Å². The van der Waals surface area contributed by atoms with Gasteiger partial charge in [-0.2, -0.15) is 0 Å². The van der Waals surface area contributed by atoms with Gasteiger partial charge in [-0.1, -0.05) is 11.6 Å². The second-order valence-corrected chi connectivity index (χ2v) is 5.28. The van der Waals surface area contributed by atoms with Crippen LogP contribution in [0.1, 0.15) is 31.4 Å². The van der Waals surface area contributed by atoms with E-state index in [1.807, 2.05) is 4.90 Å². The van der Waals surface area contributed by atoms with Gasteiger partial charge < -0.3 is 9.26 Å². The second kappa shape index (κ2) is 7.21. The van der Waals surface area contributed by atoms with Gasteiger partial charge in [0, 0.05) is 12.1 Å². The minimum Gasteiger partial charge on any atom is -0.469 e. The maximum absolute atomic E-state index is 12.0. The van der Waals surface area contributed by atoms with Crippen LogP contribution in [0.4, 0.5) is 5.88 Å². The van der Waals surface area contributed by atoms with Gasteiger partial charge in [0.2, 0.25) is 11.8 Å². The Morgan fingerprint density at radius 1 is 1.52 bits per heavy atom. The Morgan fingerprint density at radius 3 is 3.00 bits per heavy atom. The molecule has 0 saturated carbocycles. The number of nitrogens with zero attached hydrogens (tertiary/aromatic N) is 2. The van der Waals surface area contributed by atoms with Crippen LogP contribution in [-0.4, -0.2) is 48.2 Å². The summed E-state index contributed by atoms with van der Waals surface area (Å²) in [6.45, 7) is 2.84. The van der Waals surface area contributed by atoms with E-state index in [-0.39, 0.29) is 24.5 Å². The number of nitrogens with one attached hydrogen (secondary N) is 1. The number of methoxy groups -OCH3 is 1. The number of hydrogen-bond acceptors (Lipinski definition) is 6. The highest BCUT2D eigenvalue weighted by Gasteiger charge is 2.26. The van der Waals surface area contributed by atoms with Gasteiger partial charge in [0.1, 0.15) is 0 Å². The van der Waals surface area contributed by atoms with E-state index < -0.39 is 0 Å². The maximum atomic E-state index is 12.0. The van der Waals surface area contributed by atoms with Gasteiger partial charge >= 0.3 is 5.97 Å². The van der Waals surface area contributed by atoms with E-state index in [1.165, 1.54) is 7.11 Å². The Hall–Kier alpha value is -1.89. The van der Waals surface area contributed by atoms with Crippen molar-refractivity contribution in [2.45, 2.75) is 38.6 Å². The lowest BCUT2D eigenvalue weighted by molar-refractivity contribution is -0.142. The Labute approximate surface area is 123 Å². The number of aromatic nitrogens is 1. The molecule has 0 radical (unpaired) electrons. The Balaban J connectivity index is 1.89. The van der Waals surface area contributed by atoms with Crippen LogP contribution in [0.15, 0.2) is 10.6 Å². The number of likely N-dealkylation sites (tertiary alicyclic amines) is 1. The second-order valence-electron chi connectivity index (χ2n) is 5.28. The molecule has 1 amide bonds. The third kappa shape index (κ3) is 4.56. The molecule has 2 heterocycles. The molecule has 1 N–H and O–H groups in total. The lowest BCUT2D eigenvalue weighted by Gasteiger charge is -2.34. The first kappa shape index (κ1) is 15.5. The SMILES string of the molecule is COC(=O)CC1CCCCN1CC(=O)Nc1cc(C)no1. The highest BCUT2D eigenvalue weighted by Crippen LogP contribution is 2.20. The summed E-state index contributed by atoms with van der Waals surface area (Å²) >= 11 is 0. The first-order valence-corrected chi connectivity index (χ1v) is 7.12. The normalized spacial score (nSPS) is 19.2. The highest BCUT2D eigenvalue weighted by molar-refractivity contribution is 5.91. The molecule has 1 unspecified atom stereocenters. The van der Waals surface area contributed by atoms with Crippen molar-refractivity contribution >= 4 is 17.8 Å². The van der Waals surface area contributed by atoms with Crippen molar-refractivity contribution in [2.75, 3.05) is 25.5 Å². The van der Waals surface area contributed by atoms with Crippen LogP contribution >= 0.6 is 0 Å². The van der Waals surface area contributed by atoms with Crippen molar-refractivity contribution in [3.8, 4) is 0 Å². The van der Waals surface area contributed by atoms with Crippen molar-refractivity contribution < 1.29 is 18.8 Å². The van der Waals surface area contributed by atoms with Crippen LogP contribution in [0.2, 0.25) is 0 Å². The molecule has 7 nitrogen and oxygen atoms in total. The molecule has 1 aromatic rings. The zero-order valence-corrected chi connectivity index (χ0v) is 12.4. The summed E-state index contributed by atoms with van der Waals surface area (Å²) in [6.07, 6.45) is 3.34. The van der Waals surface area contributed by atoms with Gasteiger partial charge in [-0.15, -0.1) is 0 Å². The summed E-state index contributed by atoms with van der Waals surface area (Å²) in [5, 5.41) is 6.39. The zero-order chi connectivity index (χ0) is 15.2. The van der Waals surface area contributed by atoms with E-state index in [2.05, 4.69) is 10.5 Å². The fourth-order valence-electron chi connectivity index (χ4n) is 2.56. The average Bonchev–Trinajstić information content (AvgIpc) is 2.86. The van der Waals surface area contributed by atoms with Crippen LogP contribution < -0.4 is 5.32 Å². The summed E-state index contributed by atoms with van der Waals surface area (Å²) in [5.41, 5.74) is 0.715. The van der Waals surface area contributed by atoms with Crippen molar-refractivity contribution in [2.24, 2.45) is 0 Å². The van der Waals surface area contributed by atoms with Crippen molar-refractivity contribution in [3.63, 3.8) is 0 Å². The molecule has 0 aromatic carbocycles. The van der Waals surface area contributed by atoms with Crippen molar-refractivity contribution in [1.29, 1.82) is 0 Å². The number of amides is 1. The number of esters is 1. The molecule has 0 aliphatic carbocycles. The summed E-state index contributed by atoms with van der Waals surface area (Å²) in [6, 6.07) is 1.73. The standard InChI is InChI=1S/C14H21N3O4/c1-10-7-13(21-16-10)15-12(18)9-17-6-4-3-5-11(17)8-14(19)20-2/h7,11H,3-6,8-9H2,1-2H3,(H,15,18). The van der Waals surface area contributed by atoms with Crippen LogP contribution in [0.5, 0.6) is 0 Å². The van der Waals surface area contributed by atoms with Gasteiger partial charge in [-0.3, -0.25) is 19.8 Å². The molecule has 0 bridgehead atoms. The van der Waals surface area contributed by atoms with E-state index in [0.717, 1.165) is 25.8 Å². The third-order valence-electron chi connectivity index (χ3n) is 3.62. The number of hydrogen-bond donors (Lipinski definition) is 1. The van der Waals surface area contributed by atoms with Crippen LogP contribution in [0, 0.1) is 6.92 Å². The Kier molecular flexibility index (Phi) is 5.32. The smallest absolute Gasteiger partial charge is 0.307 e. The summed E-state index contributed by atoms with van der Waals surface area (Å²) < 4.78 is 9.67. The predicted molar refractivity (Wildman–Crippen MR) is 75.7 cm³/mol. The fraction of sp³-hybridized carbons (Fsp3) is 0.643.